The van der Waals surface area contributed by atoms with Gasteiger partial charge in [0.15, 0.2) is 0 Å². The molecule has 0 bridgehead atoms. The van der Waals surface area contributed by atoms with Crippen molar-refractivity contribution >= 4 is 11.6 Å². The molecule has 1 aromatic heterocycles. The van der Waals surface area contributed by atoms with E-state index in [1.54, 1.807) is 12.3 Å². The Balaban J connectivity index is 2.62. The highest BCUT2D eigenvalue weighted by Gasteiger charge is 2.10. The van der Waals surface area contributed by atoms with Crippen LogP contribution in [0.2, 0.25) is 0 Å². The molecule has 1 aromatic rings. The van der Waals surface area contributed by atoms with Gasteiger partial charge < -0.3 is 15.3 Å². The fourth-order valence-corrected chi connectivity index (χ4v) is 1.70. The lowest BCUT2D eigenvalue weighted by atomic mass is 10.2. The first-order valence-electron chi connectivity index (χ1n) is 6.58. The Morgan fingerprint density at radius 1 is 1.47 bits per heavy atom. The lowest BCUT2D eigenvalue weighted by molar-refractivity contribution is -0.120. The van der Waals surface area contributed by atoms with E-state index in [1.165, 1.54) is 0 Å². The number of anilines is 1. The number of aliphatic hydroxyl groups is 1. The summed E-state index contributed by atoms with van der Waals surface area (Å²) in [7, 11) is 1.84. The summed E-state index contributed by atoms with van der Waals surface area (Å²) in [5.41, 5.74) is 1.51. The molecule has 0 saturated carbocycles. The van der Waals surface area contributed by atoms with Crippen molar-refractivity contribution in [2.24, 2.45) is 0 Å². The van der Waals surface area contributed by atoms with Crippen molar-refractivity contribution in [1.29, 1.82) is 0 Å². The summed E-state index contributed by atoms with van der Waals surface area (Å²) in [5.74, 6) is -0.0184. The van der Waals surface area contributed by atoms with Crippen molar-refractivity contribution in [2.45, 2.75) is 39.3 Å². The number of carbonyl (C=O) groups excluding carboxylic acids is 1. The Bertz CT molecular complexity index is 404. The maximum absolute atomic E-state index is 11.6. The van der Waals surface area contributed by atoms with Gasteiger partial charge in [-0.2, -0.15) is 0 Å². The van der Waals surface area contributed by atoms with Crippen LogP contribution in [-0.2, 0) is 4.79 Å². The minimum absolute atomic E-state index is 0.0184. The van der Waals surface area contributed by atoms with Gasteiger partial charge in [-0.3, -0.25) is 9.78 Å². The molecule has 0 aliphatic rings. The average Bonchev–Trinajstić information content (AvgIpc) is 2.36. The highest BCUT2D eigenvalue weighted by molar-refractivity contribution is 5.81. The topological polar surface area (TPSA) is 65.5 Å². The molecule has 19 heavy (non-hydrogen) atoms. The van der Waals surface area contributed by atoms with E-state index < -0.39 is 6.10 Å². The molecule has 1 atom stereocenters. The molecular weight excluding hydrogens is 242 g/mol. The van der Waals surface area contributed by atoms with Crippen LogP contribution < -0.4 is 10.2 Å². The van der Waals surface area contributed by atoms with E-state index in [0.29, 0.717) is 12.1 Å². The molecule has 1 rings (SSSR count). The van der Waals surface area contributed by atoms with Crippen LogP contribution in [0.25, 0.3) is 0 Å². The largest absolute Gasteiger partial charge is 0.387 e. The van der Waals surface area contributed by atoms with Crippen molar-refractivity contribution in [2.75, 3.05) is 18.5 Å². The number of hydrogen-bond donors (Lipinski definition) is 2. The summed E-state index contributed by atoms with van der Waals surface area (Å²) in [4.78, 5) is 17.7. The smallest absolute Gasteiger partial charge is 0.239 e. The number of nitrogens with one attached hydrogen (secondary N) is 1. The van der Waals surface area contributed by atoms with E-state index in [-0.39, 0.29) is 18.5 Å². The minimum atomic E-state index is -0.524. The van der Waals surface area contributed by atoms with Gasteiger partial charge in [-0.25, -0.2) is 0 Å². The Hall–Kier alpha value is -1.62. The molecule has 2 N–H and O–H groups in total. The second kappa shape index (κ2) is 7.09. The standard InChI is InChI=1S/C14H23N3O2/c1-5-13(18)12-7-6-11(8-15-12)17(4)9-14(19)16-10(2)3/h6-8,10,13,18H,5,9H2,1-4H3,(H,16,19)/t13-/m0/s1. The van der Waals surface area contributed by atoms with Crippen LogP contribution in [0.5, 0.6) is 0 Å². The molecule has 0 unspecified atom stereocenters. The third-order valence-corrected chi connectivity index (χ3v) is 2.77. The molecular formula is C14H23N3O2. The molecule has 5 nitrogen and oxygen atoms in total. The number of aromatic nitrogens is 1. The Kier molecular flexibility index (Phi) is 5.76. The Labute approximate surface area is 114 Å². The van der Waals surface area contributed by atoms with E-state index >= 15 is 0 Å². The third-order valence-electron chi connectivity index (χ3n) is 2.77. The van der Waals surface area contributed by atoms with Gasteiger partial charge in [0, 0.05) is 13.1 Å². The molecule has 1 amide bonds. The van der Waals surface area contributed by atoms with Gasteiger partial charge in [-0.05, 0) is 32.4 Å². The number of nitrogens with zero attached hydrogens (tertiary/aromatic N) is 2. The highest BCUT2D eigenvalue weighted by atomic mass is 16.3. The maximum atomic E-state index is 11.6. The Morgan fingerprint density at radius 2 is 2.16 bits per heavy atom. The van der Waals surface area contributed by atoms with Crippen LogP contribution in [0, 0.1) is 0 Å². The van der Waals surface area contributed by atoms with Gasteiger partial charge in [0.05, 0.1) is 30.2 Å². The number of pyridine rings is 1. The molecule has 0 radical (unpaired) electrons. The zero-order chi connectivity index (χ0) is 14.4. The lowest BCUT2D eigenvalue weighted by Gasteiger charge is -2.20. The number of amides is 1. The average molecular weight is 265 g/mol. The van der Waals surface area contributed by atoms with Crippen LogP contribution in [-0.4, -0.2) is 35.6 Å². The van der Waals surface area contributed by atoms with Crippen LogP contribution in [0.4, 0.5) is 5.69 Å². The van der Waals surface area contributed by atoms with Crippen LogP contribution in [0.1, 0.15) is 39.0 Å². The Morgan fingerprint density at radius 3 is 2.63 bits per heavy atom. The normalized spacial score (nSPS) is 12.3. The number of hydrogen-bond acceptors (Lipinski definition) is 4. The van der Waals surface area contributed by atoms with Gasteiger partial charge in [-0.15, -0.1) is 0 Å². The zero-order valence-corrected chi connectivity index (χ0v) is 12.1. The third kappa shape index (κ3) is 4.87. The molecule has 0 aromatic carbocycles. The monoisotopic (exact) mass is 265 g/mol. The molecule has 106 valence electrons. The van der Waals surface area contributed by atoms with Crippen molar-refractivity contribution < 1.29 is 9.90 Å². The number of carbonyl (C=O) groups is 1. The number of aliphatic hydroxyl groups excluding tert-OH is 1. The molecule has 0 aliphatic heterocycles. The summed E-state index contributed by atoms with van der Waals surface area (Å²) >= 11 is 0. The van der Waals surface area contributed by atoms with Gasteiger partial charge in [0.25, 0.3) is 0 Å². The number of likely N-dealkylation sites (N-methyl/N-ethyl adjacent to an activating group) is 1. The predicted molar refractivity (Wildman–Crippen MR) is 76.0 cm³/mol. The molecule has 0 fully saturated rings. The van der Waals surface area contributed by atoms with Crippen molar-refractivity contribution in [1.82, 2.24) is 10.3 Å². The lowest BCUT2D eigenvalue weighted by Crippen LogP contribution is -2.38. The molecule has 1 heterocycles. The SMILES string of the molecule is CC[C@H](O)c1ccc(N(C)CC(=O)NC(C)C)cn1. The fraction of sp³-hybridized carbons (Fsp3) is 0.571. The maximum Gasteiger partial charge on any atom is 0.239 e. The van der Waals surface area contributed by atoms with E-state index in [9.17, 15) is 9.90 Å². The summed E-state index contributed by atoms with van der Waals surface area (Å²) in [5, 5.41) is 12.5. The molecule has 0 aliphatic carbocycles. The predicted octanol–water partition coefficient (Wildman–Crippen LogP) is 1.49. The summed E-state index contributed by atoms with van der Waals surface area (Å²) in [6.45, 7) is 6.05. The second-order valence-corrected chi connectivity index (χ2v) is 4.94. The van der Waals surface area contributed by atoms with Gasteiger partial charge in [-0.1, -0.05) is 6.92 Å². The van der Waals surface area contributed by atoms with Gasteiger partial charge in [0.2, 0.25) is 5.91 Å². The minimum Gasteiger partial charge on any atom is -0.387 e. The van der Waals surface area contributed by atoms with E-state index in [4.69, 9.17) is 0 Å². The quantitative estimate of drug-likeness (QED) is 0.818. The first-order valence-corrected chi connectivity index (χ1v) is 6.58. The zero-order valence-electron chi connectivity index (χ0n) is 12.1. The summed E-state index contributed by atoms with van der Waals surface area (Å²) < 4.78 is 0. The van der Waals surface area contributed by atoms with E-state index in [2.05, 4.69) is 10.3 Å². The van der Waals surface area contributed by atoms with Gasteiger partial charge in [0.1, 0.15) is 0 Å². The van der Waals surface area contributed by atoms with Crippen LogP contribution in [0.15, 0.2) is 18.3 Å². The highest BCUT2D eigenvalue weighted by Crippen LogP contribution is 2.17. The molecule has 0 saturated heterocycles. The summed E-state index contributed by atoms with van der Waals surface area (Å²) in [6, 6.07) is 3.80. The fourth-order valence-electron chi connectivity index (χ4n) is 1.70. The van der Waals surface area contributed by atoms with Crippen LogP contribution in [0.3, 0.4) is 0 Å². The molecule has 5 heteroatoms. The van der Waals surface area contributed by atoms with E-state index in [1.807, 2.05) is 38.8 Å². The first-order chi connectivity index (χ1) is 8.93. The first kappa shape index (κ1) is 15.4. The van der Waals surface area contributed by atoms with Crippen molar-refractivity contribution in [3.8, 4) is 0 Å². The van der Waals surface area contributed by atoms with Crippen LogP contribution >= 0.6 is 0 Å². The molecule has 0 spiro atoms. The second-order valence-electron chi connectivity index (χ2n) is 4.94. The summed E-state index contributed by atoms with van der Waals surface area (Å²) in [6.07, 6.45) is 1.79. The van der Waals surface area contributed by atoms with Crippen molar-refractivity contribution in [3.63, 3.8) is 0 Å². The van der Waals surface area contributed by atoms with Crippen molar-refractivity contribution in [3.05, 3.63) is 24.0 Å². The number of rotatable bonds is 6. The van der Waals surface area contributed by atoms with E-state index in [0.717, 1.165) is 5.69 Å². The van der Waals surface area contributed by atoms with Gasteiger partial charge >= 0.3 is 0 Å².